The fourth-order valence-corrected chi connectivity index (χ4v) is 3.35. The summed E-state index contributed by atoms with van der Waals surface area (Å²) in [5.41, 5.74) is 11.6. The van der Waals surface area contributed by atoms with Crippen LogP contribution in [0.25, 0.3) is 0 Å². The van der Waals surface area contributed by atoms with Crippen LogP contribution in [0.4, 0.5) is 5.82 Å². The van der Waals surface area contributed by atoms with Crippen LogP contribution >= 0.6 is 0 Å². The molecule has 20 heavy (non-hydrogen) atoms. The maximum Gasteiger partial charge on any atom is 0.252 e. The van der Waals surface area contributed by atoms with Crippen molar-refractivity contribution in [2.24, 2.45) is 5.73 Å². The minimum atomic E-state index is -0.0250. The molecule has 0 saturated carbocycles. The molecule has 1 amide bonds. The van der Waals surface area contributed by atoms with Crippen LogP contribution < -0.4 is 16.6 Å². The number of hydrogen-bond donors (Lipinski definition) is 3. The maximum absolute atomic E-state index is 12.0. The van der Waals surface area contributed by atoms with Crippen LogP contribution in [0.15, 0.2) is 24.4 Å². The number of nitrogens with two attached hydrogens (primary N) is 1. The third-order valence-corrected chi connectivity index (χ3v) is 4.24. The highest BCUT2D eigenvalue weighted by Gasteiger charge is 2.40. The number of amides is 1. The molecule has 1 aromatic heterocycles. The van der Waals surface area contributed by atoms with E-state index in [9.17, 15) is 4.79 Å². The SMILES string of the molecule is NC1CC2CCC(C1)N2CC(=O)NNc1ccccn1. The van der Waals surface area contributed by atoms with Crippen molar-refractivity contribution >= 4 is 11.7 Å². The highest BCUT2D eigenvalue weighted by molar-refractivity contribution is 5.79. The summed E-state index contributed by atoms with van der Waals surface area (Å²) in [6, 6.07) is 6.77. The summed E-state index contributed by atoms with van der Waals surface area (Å²) in [5, 5.41) is 0. The molecule has 2 fully saturated rings. The number of rotatable bonds is 4. The van der Waals surface area contributed by atoms with Crippen molar-refractivity contribution in [1.29, 1.82) is 0 Å². The Kier molecular flexibility index (Phi) is 3.84. The third kappa shape index (κ3) is 2.91. The molecule has 0 aromatic carbocycles. The minimum Gasteiger partial charge on any atom is -0.328 e. The smallest absolute Gasteiger partial charge is 0.252 e. The molecule has 2 bridgehead atoms. The Morgan fingerprint density at radius 3 is 2.75 bits per heavy atom. The minimum absolute atomic E-state index is 0.0250. The molecular weight excluding hydrogens is 254 g/mol. The summed E-state index contributed by atoms with van der Waals surface area (Å²) in [5.74, 6) is 0.618. The largest absolute Gasteiger partial charge is 0.328 e. The number of nitrogens with zero attached hydrogens (tertiary/aromatic N) is 2. The van der Waals surface area contributed by atoms with E-state index in [1.165, 1.54) is 12.8 Å². The van der Waals surface area contributed by atoms with Gasteiger partial charge in [0.05, 0.1) is 6.54 Å². The zero-order valence-corrected chi connectivity index (χ0v) is 11.5. The Hall–Kier alpha value is -1.66. The first-order valence-corrected chi connectivity index (χ1v) is 7.19. The number of hydrogen-bond acceptors (Lipinski definition) is 5. The van der Waals surface area contributed by atoms with Crippen LogP contribution in [0.1, 0.15) is 25.7 Å². The molecule has 108 valence electrons. The van der Waals surface area contributed by atoms with Gasteiger partial charge in [0.15, 0.2) is 0 Å². The number of pyridine rings is 1. The van der Waals surface area contributed by atoms with E-state index in [4.69, 9.17) is 5.73 Å². The van der Waals surface area contributed by atoms with Crippen molar-refractivity contribution in [3.05, 3.63) is 24.4 Å². The number of piperidine rings is 1. The highest BCUT2D eigenvalue weighted by Crippen LogP contribution is 2.34. The molecule has 6 nitrogen and oxygen atoms in total. The Morgan fingerprint density at radius 1 is 1.35 bits per heavy atom. The van der Waals surface area contributed by atoms with Crippen molar-refractivity contribution in [2.45, 2.75) is 43.8 Å². The standard InChI is InChI=1S/C14H21N5O/c15-10-7-11-4-5-12(8-10)19(11)9-14(20)18-17-13-3-1-2-6-16-13/h1-3,6,10-12H,4-5,7-9,15H2,(H,16,17)(H,18,20). The highest BCUT2D eigenvalue weighted by atomic mass is 16.2. The van der Waals surface area contributed by atoms with E-state index in [0.29, 0.717) is 30.5 Å². The van der Waals surface area contributed by atoms with Gasteiger partial charge in [-0.25, -0.2) is 4.98 Å². The van der Waals surface area contributed by atoms with Crippen LogP contribution in [0.3, 0.4) is 0 Å². The first kappa shape index (κ1) is 13.3. The molecule has 3 heterocycles. The lowest BCUT2D eigenvalue weighted by molar-refractivity contribution is -0.122. The van der Waals surface area contributed by atoms with E-state index in [1.54, 1.807) is 6.20 Å². The monoisotopic (exact) mass is 275 g/mol. The summed E-state index contributed by atoms with van der Waals surface area (Å²) in [4.78, 5) is 18.4. The van der Waals surface area contributed by atoms with E-state index in [1.807, 2.05) is 18.2 Å². The molecule has 2 aliphatic rings. The molecule has 2 atom stereocenters. The third-order valence-electron chi connectivity index (χ3n) is 4.24. The molecule has 0 radical (unpaired) electrons. The van der Waals surface area contributed by atoms with Crippen LogP contribution in [-0.2, 0) is 4.79 Å². The van der Waals surface area contributed by atoms with Crippen LogP contribution in [0.5, 0.6) is 0 Å². The molecule has 0 aliphatic carbocycles. The van der Waals surface area contributed by atoms with Crippen molar-refractivity contribution in [3.63, 3.8) is 0 Å². The van der Waals surface area contributed by atoms with Gasteiger partial charge < -0.3 is 5.73 Å². The average Bonchev–Trinajstić information content (AvgIpc) is 2.69. The van der Waals surface area contributed by atoms with Crippen molar-refractivity contribution < 1.29 is 4.79 Å². The summed E-state index contributed by atoms with van der Waals surface area (Å²) in [6.45, 7) is 0.432. The van der Waals surface area contributed by atoms with Gasteiger partial charge in [0, 0.05) is 24.3 Å². The van der Waals surface area contributed by atoms with Gasteiger partial charge >= 0.3 is 0 Å². The first-order chi connectivity index (χ1) is 9.72. The van der Waals surface area contributed by atoms with E-state index >= 15 is 0 Å². The second-order valence-electron chi connectivity index (χ2n) is 5.68. The van der Waals surface area contributed by atoms with E-state index in [0.717, 1.165) is 12.8 Å². The quantitative estimate of drug-likeness (QED) is 0.696. The first-order valence-electron chi connectivity index (χ1n) is 7.19. The van der Waals surface area contributed by atoms with Crippen molar-refractivity contribution in [3.8, 4) is 0 Å². The van der Waals surface area contributed by atoms with E-state index in [-0.39, 0.29) is 5.91 Å². The molecule has 2 saturated heterocycles. The fraction of sp³-hybridized carbons (Fsp3) is 0.571. The molecule has 2 unspecified atom stereocenters. The summed E-state index contributed by atoms with van der Waals surface area (Å²) in [7, 11) is 0. The van der Waals surface area contributed by atoms with Gasteiger partial charge in [-0.05, 0) is 37.8 Å². The average molecular weight is 275 g/mol. The van der Waals surface area contributed by atoms with E-state index < -0.39 is 0 Å². The van der Waals surface area contributed by atoms with Crippen molar-refractivity contribution in [1.82, 2.24) is 15.3 Å². The summed E-state index contributed by atoms with van der Waals surface area (Å²) < 4.78 is 0. The number of carbonyl (C=O) groups excluding carboxylic acids is 1. The van der Waals surface area contributed by atoms with Gasteiger partial charge in [0.2, 0.25) is 0 Å². The van der Waals surface area contributed by atoms with Gasteiger partial charge in [-0.1, -0.05) is 6.07 Å². The normalized spacial score (nSPS) is 29.1. The zero-order valence-electron chi connectivity index (χ0n) is 11.5. The number of nitrogens with one attached hydrogen (secondary N) is 2. The lowest BCUT2D eigenvalue weighted by atomic mass is 9.98. The van der Waals surface area contributed by atoms with Crippen LogP contribution in [0, 0.1) is 0 Å². The van der Waals surface area contributed by atoms with Gasteiger partial charge in [-0.2, -0.15) is 0 Å². The van der Waals surface area contributed by atoms with Gasteiger partial charge in [0.1, 0.15) is 5.82 Å². The van der Waals surface area contributed by atoms with Crippen molar-refractivity contribution in [2.75, 3.05) is 12.0 Å². The Labute approximate surface area is 118 Å². The number of fused-ring (bicyclic) bond motifs is 2. The zero-order chi connectivity index (χ0) is 13.9. The topological polar surface area (TPSA) is 83.3 Å². The van der Waals surface area contributed by atoms with Gasteiger partial charge in [-0.15, -0.1) is 0 Å². The predicted molar refractivity (Wildman–Crippen MR) is 76.7 cm³/mol. The Bertz CT molecular complexity index is 452. The molecular formula is C14H21N5O. The Morgan fingerprint density at radius 2 is 2.10 bits per heavy atom. The Balaban J connectivity index is 1.50. The van der Waals surface area contributed by atoms with Gasteiger partial charge in [-0.3, -0.25) is 20.5 Å². The molecule has 4 N–H and O–H groups in total. The lowest BCUT2D eigenvalue weighted by Crippen LogP contribution is -2.51. The second-order valence-corrected chi connectivity index (χ2v) is 5.68. The molecule has 1 aromatic rings. The molecule has 6 heteroatoms. The predicted octanol–water partition coefficient (Wildman–Crippen LogP) is 0.479. The summed E-state index contributed by atoms with van der Waals surface area (Å²) in [6.07, 6.45) is 6.04. The molecule has 3 rings (SSSR count). The number of anilines is 1. The number of carbonyl (C=O) groups is 1. The fourth-order valence-electron chi connectivity index (χ4n) is 3.35. The molecule has 2 aliphatic heterocycles. The maximum atomic E-state index is 12.0. The second kappa shape index (κ2) is 5.76. The number of aromatic nitrogens is 1. The summed E-state index contributed by atoms with van der Waals surface area (Å²) >= 11 is 0. The molecule has 0 spiro atoms. The van der Waals surface area contributed by atoms with Crippen LogP contribution in [-0.4, -0.2) is 40.5 Å². The lowest BCUT2D eigenvalue weighted by Gasteiger charge is -2.37. The number of hydrazine groups is 1. The van der Waals surface area contributed by atoms with E-state index in [2.05, 4.69) is 20.7 Å². The van der Waals surface area contributed by atoms with Gasteiger partial charge in [0.25, 0.3) is 5.91 Å². The van der Waals surface area contributed by atoms with Crippen LogP contribution in [0.2, 0.25) is 0 Å².